The van der Waals surface area contributed by atoms with Gasteiger partial charge in [-0.05, 0) is 63.9 Å². The van der Waals surface area contributed by atoms with E-state index in [2.05, 4.69) is 28.9 Å². The second kappa shape index (κ2) is 8.96. The Morgan fingerprint density at radius 1 is 1.00 bits per heavy atom. The summed E-state index contributed by atoms with van der Waals surface area (Å²) in [5.74, 6) is 0. The number of hydrogen-bond donors (Lipinski definition) is 1. The largest absolute Gasteiger partial charge is 0.356 e. The van der Waals surface area contributed by atoms with E-state index in [1.165, 1.54) is 0 Å². The van der Waals surface area contributed by atoms with Gasteiger partial charge in [0.1, 0.15) is 5.69 Å². The molecule has 0 radical (unpaired) electrons. The monoisotopic (exact) mass is 447 g/mol. The average Bonchev–Trinajstić information content (AvgIpc) is 3.19. The first-order valence-corrected chi connectivity index (χ1v) is 11.9. The van der Waals surface area contributed by atoms with Crippen LogP contribution in [0.3, 0.4) is 0 Å². The maximum absolute atomic E-state index is 13.1. The van der Waals surface area contributed by atoms with Gasteiger partial charge in [0, 0.05) is 28.8 Å². The fraction of sp³-hybridized carbons (Fsp3) is 0.308. The number of fused-ring (bicyclic) bond motifs is 1. The lowest BCUT2D eigenvalue weighted by molar-refractivity contribution is 0.459. The van der Waals surface area contributed by atoms with Gasteiger partial charge >= 0.3 is 0 Å². The van der Waals surface area contributed by atoms with Crippen molar-refractivity contribution in [2.24, 2.45) is 0 Å². The number of aromatic nitrogens is 2. The summed E-state index contributed by atoms with van der Waals surface area (Å²) in [6, 6.07) is 19.9. The smallest absolute Gasteiger partial charge is 0.167 e. The lowest BCUT2D eigenvalue weighted by Crippen LogP contribution is -2.37. The quantitative estimate of drug-likeness (QED) is 0.403. The molecule has 166 valence electrons. The third-order valence-electron chi connectivity index (χ3n) is 5.51. The van der Waals surface area contributed by atoms with Gasteiger partial charge in [-0.25, -0.2) is 8.93 Å². The van der Waals surface area contributed by atoms with Crippen LogP contribution < -0.4 is 4.72 Å². The van der Waals surface area contributed by atoms with Gasteiger partial charge < -0.3 is 4.52 Å². The van der Waals surface area contributed by atoms with Crippen molar-refractivity contribution in [3.05, 3.63) is 83.2 Å². The van der Waals surface area contributed by atoms with Crippen molar-refractivity contribution < 1.29 is 8.73 Å². The molecule has 0 aliphatic rings. The number of nitrogens with one attached hydrogen (secondary N) is 1. The van der Waals surface area contributed by atoms with Crippen LogP contribution in [0, 0.1) is 13.8 Å². The normalized spacial score (nSPS) is 13.9. The van der Waals surface area contributed by atoms with Crippen molar-refractivity contribution in [2.45, 2.75) is 51.8 Å². The fourth-order valence-corrected chi connectivity index (χ4v) is 4.52. The summed E-state index contributed by atoms with van der Waals surface area (Å²) in [4.78, 5) is 4.78. The molecule has 4 rings (SSSR count). The molecule has 0 saturated heterocycles. The van der Waals surface area contributed by atoms with E-state index >= 15 is 0 Å². The molecule has 0 aliphatic carbocycles. The minimum Gasteiger partial charge on any atom is -0.356 e. The Morgan fingerprint density at radius 2 is 1.72 bits per heavy atom. The Hall–Kier alpha value is -2.83. The molecule has 2 unspecified atom stereocenters. The maximum atomic E-state index is 13.1. The first-order valence-electron chi connectivity index (χ1n) is 10.8. The van der Waals surface area contributed by atoms with Gasteiger partial charge in [-0.1, -0.05) is 47.6 Å². The molecular formula is C26H29N3O2S. The third-order valence-corrected chi connectivity index (χ3v) is 7.12. The van der Waals surface area contributed by atoms with Crippen molar-refractivity contribution in [3.8, 4) is 11.3 Å². The molecule has 0 aliphatic heterocycles. The summed E-state index contributed by atoms with van der Waals surface area (Å²) in [7, 11) is -1.26. The molecule has 0 bridgehead atoms. The average molecular weight is 448 g/mol. The number of aryl methyl sites for hydroxylation is 2. The van der Waals surface area contributed by atoms with E-state index in [4.69, 9.17) is 9.51 Å². The van der Waals surface area contributed by atoms with Crippen molar-refractivity contribution in [1.29, 1.82) is 0 Å². The van der Waals surface area contributed by atoms with Gasteiger partial charge in [-0.3, -0.25) is 4.98 Å². The van der Waals surface area contributed by atoms with Gasteiger partial charge in [0.05, 0.1) is 21.8 Å². The Labute approximate surface area is 191 Å². The standard InChI is InChI=1S/C26H29N3O2S/c1-17-14-15-18(2)27-22(17)16-23(29-32(30)26(3,4)5)19-10-6-7-11-20(19)25-21-12-8-9-13-24(21)31-28-25/h6-15,23,29H,16H2,1-5H3. The number of benzene rings is 2. The molecule has 6 heteroatoms. The highest BCUT2D eigenvalue weighted by atomic mass is 32.2. The zero-order chi connectivity index (χ0) is 22.9. The van der Waals surface area contributed by atoms with E-state index in [-0.39, 0.29) is 6.04 Å². The lowest BCUT2D eigenvalue weighted by Gasteiger charge is -2.26. The summed E-state index contributed by atoms with van der Waals surface area (Å²) in [5, 5.41) is 5.34. The molecule has 2 aromatic carbocycles. The summed E-state index contributed by atoms with van der Waals surface area (Å²) < 4.78 is 21.7. The number of hydrogen-bond acceptors (Lipinski definition) is 4. The minimum absolute atomic E-state index is 0.213. The topological polar surface area (TPSA) is 68.0 Å². The zero-order valence-electron chi connectivity index (χ0n) is 19.2. The van der Waals surface area contributed by atoms with E-state index in [0.29, 0.717) is 6.42 Å². The molecule has 2 atom stereocenters. The molecule has 0 fully saturated rings. The summed E-state index contributed by atoms with van der Waals surface area (Å²) in [6.07, 6.45) is 0.613. The van der Waals surface area contributed by atoms with Gasteiger partial charge in [-0.15, -0.1) is 0 Å². The van der Waals surface area contributed by atoms with Crippen LogP contribution in [0.15, 0.2) is 65.2 Å². The third kappa shape index (κ3) is 4.66. The SMILES string of the molecule is Cc1ccc(C)c(CC(NS(=O)C(C)(C)C)c2ccccc2-c2noc3ccccc23)n1. The highest BCUT2D eigenvalue weighted by Gasteiger charge is 2.27. The van der Waals surface area contributed by atoms with E-state index in [0.717, 1.165) is 44.7 Å². The van der Waals surface area contributed by atoms with Crippen LogP contribution in [0.2, 0.25) is 0 Å². The Balaban J connectivity index is 1.83. The second-order valence-electron chi connectivity index (χ2n) is 9.09. The molecule has 2 aromatic heterocycles. The number of pyridine rings is 1. The van der Waals surface area contributed by atoms with Crippen LogP contribution in [0.1, 0.15) is 49.3 Å². The first kappa shape index (κ1) is 22.4. The van der Waals surface area contributed by atoms with Crippen molar-refractivity contribution in [3.63, 3.8) is 0 Å². The van der Waals surface area contributed by atoms with Gasteiger partial charge in [-0.2, -0.15) is 0 Å². The molecule has 32 heavy (non-hydrogen) atoms. The van der Waals surface area contributed by atoms with Crippen LogP contribution in [0.4, 0.5) is 0 Å². The summed E-state index contributed by atoms with van der Waals surface area (Å²) in [5.41, 5.74) is 6.60. The molecule has 4 aromatic rings. The van der Waals surface area contributed by atoms with Gasteiger partial charge in [0.15, 0.2) is 5.58 Å². The zero-order valence-corrected chi connectivity index (χ0v) is 20.0. The van der Waals surface area contributed by atoms with Crippen LogP contribution in [-0.4, -0.2) is 19.1 Å². The molecular weight excluding hydrogens is 418 g/mol. The Bertz CT molecular complexity index is 1270. The summed E-state index contributed by atoms with van der Waals surface area (Å²) >= 11 is 0. The molecule has 0 saturated carbocycles. The van der Waals surface area contributed by atoms with Crippen molar-refractivity contribution >= 4 is 22.0 Å². The molecule has 1 N–H and O–H groups in total. The lowest BCUT2D eigenvalue weighted by atomic mass is 9.93. The molecule has 0 spiro atoms. The van der Waals surface area contributed by atoms with E-state index in [1.807, 2.05) is 76.2 Å². The van der Waals surface area contributed by atoms with E-state index < -0.39 is 15.7 Å². The minimum atomic E-state index is -1.26. The maximum Gasteiger partial charge on any atom is 0.167 e. The van der Waals surface area contributed by atoms with E-state index in [9.17, 15) is 4.21 Å². The number of nitrogens with zero attached hydrogens (tertiary/aromatic N) is 2. The van der Waals surface area contributed by atoms with E-state index in [1.54, 1.807) is 0 Å². The Morgan fingerprint density at radius 3 is 2.50 bits per heavy atom. The molecule has 5 nitrogen and oxygen atoms in total. The van der Waals surface area contributed by atoms with Gasteiger partial charge in [0.25, 0.3) is 0 Å². The highest BCUT2D eigenvalue weighted by molar-refractivity contribution is 7.84. The predicted molar refractivity (Wildman–Crippen MR) is 131 cm³/mol. The first-order chi connectivity index (χ1) is 15.2. The summed E-state index contributed by atoms with van der Waals surface area (Å²) in [6.45, 7) is 9.98. The Kier molecular flexibility index (Phi) is 6.26. The van der Waals surface area contributed by atoms with Crippen LogP contribution in [-0.2, 0) is 17.4 Å². The molecule has 0 amide bonds. The van der Waals surface area contributed by atoms with Crippen molar-refractivity contribution in [2.75, 3.05) is 0 Å². The fourth-order valence-electron chi connectivity index (χ4n) is 3.70. The predicted octanol–water partition coefficient (Wildman–Crippen LogP) is 5.84. The number of para-hydroxylation sites is 1. The van der Waals surface area contributed by atoms with Crippen LogP contribution in [0.25, 0.3) is 22.2 Å². The second-order valence-corrected chi connectivity index (χ2v) is 11.1. The van der Waals surface area contributed by atoms with Gasteiger partial charge in [0.2, 0.25) is 0 Å². The van der Waals surface area contributed by atoms with Crippen LogP contribution in [0.5, 0.6) is 0 Å². The van der Waals surface area contributed by atoms with Crippen molar-refractivity contribution in [1.82, 2.24) is 14.9 Å². The number of rotatable bonds is 6. The van der Waals surface area contributed by atoms with Crippen LogP contribution >= 0.6 is 0 Å². The highest BCUT2D eigenvalue weighted by Crippen LogP contribution is 2.34. The molecule has 2 heterocycles.